The van der Waals surface area contributed by atoms with Gasteiger partial charge in [0.1, 0.15) is 5.82 Å². The molecule has 0 aliphatic rings. The second-order valence-electron chi connectivity index (χ2n) is 4.78. The first-order chi connectivity index (χ1) is 10.6. The zero-order chi connectivity index (χ0) is 15.8. The summed E-state index contributed by atoms with van der Waals surface area (Å²) in [5, 5.41) is 5.36. The molecule has 0 unspecified atom stereocenters. The minimum atomic E-state index is -0.395. The molecule has 0 radical (unpaired) electrons. The van der Waals surface area contributed by atoms with Gasteiger partial charge >= 0.3 is 0 Å². The monoisotopic (exact) mass is 300 g/mol. The SMILES string of the molecule is O=C(CCCNC(=O)c1ccccc1)Nc1cccc(F)c1. The van der Waals surface area contributed by atoms with Crippen LogP contribution < -0.4 is 10.6 Å². The molecule has 0 aliphatic heterocycles. The van der Waals surface area contributed by atoms with Crippen molar-refractivity contribution >= 4 is 17.5 Å². The van der Waals surface area contributed by atoms with Gasteiger partial charge in [-0.2, -0.15) is 0 Å². The van der Waals surface area contributed by atoms with Gasteiger partial charge in [-0.15, -0.1) is 0 Å². The lowest BCUT2D eigenvalue weighted by Gasteiger charge is -2.06. The van der Waals surface area contributed by atoms with Crippen molar-refractivity contribution in [3.05, 3.63) is 66.0 Å². The Morgan fingerprint density at radius 1 is 1.00 bits per heavy atom. The molecule has 2 N–H and O–H groups in total. The molecule has 0 saturated carbocycles. The van der Waals surface area contributed by atoms with Crippen LogP contribution in [0, 0.1) is 5.82 Å². The van der Waals surface area contributed by atoms with Crippen LogP contribution in [0.3, 0.4) is 0 Å². The van der Waals surface area contributed by atoms with Gasteiger partial charge in [-0.3, -0.25) is 9.59 Å². The molecule has 0 heterocycles. The highest BCUT2D eigenvalue weighted by atomic mass is 19.1. The van der Waals surface area contributed by atoms with E-state index in [0.29, 0.717) is 24.2 Å². The molecule has 2 aromatic carbocycles. The summed E-state index contributed by atoms with van der Waals surface area (Å²) in [4.78, 5) is 23.5. The third-order valence-corrected chi connectivity index (χ3v) is 3.01. The summed E-state index contributed by atoms with van der Waals surface area (Å²) in [6, 6.07) is 14.6. The maximum atomic E-state index is 13.0. The Balaban J connectivity index is 1.68. The van der Waals surface area contributed by atoms with Crippen LogP contribution >= 0.6 is 0 Å². The Bertz CT molecular complexity index is 644. The number of carbonyl (C=O) groups excluding carboxylic acids is 2. The Hall–Kier alpha value is -2.69. The van der Waals surface area contributed by atoms with E-state index >= 15 is 0 Å². The van der Waals surface area contributed by atoms with E-state index < -0.39 is 5.82 Å². The Morgan fingerprint density at radius 2 is 1.77 bits per heavy atom. The van der Waals surface area contributed by atoms with Crippen LogP contribution in [-0.2, 0) is 4.79 Å². The number of benzene rings is 2. The molecular formula is C17H17FN2O2. The van der Waals surface area contributed by atoms with Crippen molar-refractivity contribution in [2.24, 2.45) is 0 Å². The zero-order valence-electron chi connectivity index (χ0n) is 12.0. The van der Waals surface area contributed by atoms with E-state index in [9.17, 15) is 14.0 Å². The molecule has 0 bridgehead atoms. The van der Waals surface area contributed by atoms with Crippen LogP contribution in [0.5, 0.6) is 0 Å². The number of rotatable bonds is 6. The topological polar surface area (TPSA) is 58.2 Å². The number of halogens is 1. The highest BCUT2D eigenvalue weighted by Gasteiger charge is 2.05. The molecule has 4 nitrogen and oxygen atoms in total. The molecular weight excluding hydrogens is 283 g/mol. The number of amides is 2. The lowest BCUT2D eigenvalue weighted by molar-refractivity contribution is -0.116. The first kappa shape index (κ1) is 15.7. The molecule has 0 fully saturated rings. The fraction of sp³-hybridized carbons (Fsp3) is 0.176. The minimum absolute atomic E-state index is 0.161. The number of carbonyl (C=O) groups is 2. The van der Waals surface area contributed by atoms with E-state index in [-0.39, 0.29) is 18.2 Å². The molecule has 0 spiro atoms. The molecule has 0 atom stereocenters. The van der Waals surface area contributed by atoms with E-state index in [1.165, 1.54) is 18.2 Å². The van der Waals surface area contributed by atoms with Crippen molar-refractivity contribution < 1.29 is 14.0 Å². The second-order valence-corrected chi connectivity index (χ2v) is 4.78. The van der Waals surface area contributed by atoms with Crippen molar-refractivity contribution in [3.63, 3.8) is 0 Å². The summed E-state index contributed by atoms with van der Waals surface area (Å²) in [5.41, 5.74) is 1.02. The molecule has 114 valence electrons. The first-order valence-electron chi connectivity index (χ1n) is 7.04. The molecule has 2 rings (SSSR count). The van der Waals surface area contributed by atoms with Gasteiger partial charge in [-0.1, -0.05) is 24.3 Å². The predicted octanol–water partition coefficient (Wildman–Crippen LogP) is 2.97. The average molecular weight is 300 g/mol. The number of nitrogens with one attached hydrogen (secondary N) is 2. The Kier molecular flexibility index (Phi) is 5.65. The fourth-order valence-electron chi connectivity index (χ4n) is 1.93. The fourth-order valence-corrected chi connectivity index (χ4v) is 1.93. The molecule has 0 saturated heterocycles. The smallest absolute Gasteiger partial charge is 0.251 e. The highest BCUT2D eigenvalue weighted by molar-refractivity contribution is 5.94. The minimum Gasteiger partial charge on any atom is -0.352 e. The van der Waals surface area contributed by atoms with Crippen LogP contribution in [0.2, 0.25) is 0 Å². The normalized spacial score (nSPS) is 10.0. The number of hydrogen-bond acceptors (Lipinski definition) is 2. The Labute approximate surface area is 128 Å². The lowest BCUT2D eigenvalue weighted by Crippen LogP contribution is -2.25. The summed E-state index contributed by atoms with van der Waals surface area (Å²) in [7, 11) is 0. The second kappa shape index (κ2) is 7.93. The maximum Gasteiger partial charge on any atom is 0.251 e. The van der Waals surface area contributed by atoms with Crippen LogP contribution in [0.1, 0.15) is 23.2 Å². The van der Waals surface area contributed by atoms with Gasteiger partial charge in [0.15, 0.2) is 0 Å². The van der Waals surface area contributed by atoms with Gasteiger partial charge in [0.05, 0.1) is 0 Å². The quantitative estimate of drug-likeness (QED) is 0.806. The third kappa shape index (κ3) is 5.01. The van der Waals surface area contributed by atoms with Gasteiger partial charge in [-0.25, -0.2) is 4.39 Å². The zero-order valence-corrected chi connectivity index (χ0v) is 12.0. The van der Waals surface area contributed by atoms with Crippen molar-refractivity contribution in [3.8, 4) is 0 Å². The molecule has 0 aromatic heterocycles. The van der Waals surface area contributed by atoms with E-state index in [4.69, 9.17) is 0 Å². The van der Waals surface area contributed by atoms with Crippen molar-refractivity contribution in [1.29, 1.82) is 0 Å². The Morgan fingerprint density at radius 3 is 2.50 bits per heavy atom. The summed E-state index contributed by atoms with van der Waals surface area (Å²) in [6.07, 6.45) is 0.769. The molecule has 2 aromatic rings. The van der Waals surface area contributed by atoms with Gasteiger partial charge in [-0.05, 0) is 36.8 Å². The lowest BCUT2D eigenvalue weighted by atomic mass is 10.2. The van der Waals surface area contributed by atoms with Gasteiger partial charge in [0, 0.05) is 24.2 Å². The highest BCUT2D eigenvalue weighted by Crippen LogP contribution is 2.09. The standard InChI is InChI=1S/C17H17FN2O2/c18-14-8-4-9-15(12-14)20-16(21)10-5-11-19-17(22)13-6-2-1-3-7-13/h1-4,6-9,12H,5,10-11H2,(H,19,22)(H,20,21). The molecule has 5 heteroatoms. The summed E-state index contributed by atoms with van der Waals surface area (Å²) in [5.74, 6) is -0.765. The van der Waals surface area contributed by atoms with Crippen molar-refractivity contribution in [2.75, 3.05) is 11.9 Å². The largest absolute Gasteiger partial charge is 0.352 e. The van der Waals surface area contributed by atoms with Crippen LogP contribution in [-0.4, -0.2) is 18.4 Å². The van der Waals surface area contributed by atoms with E-state index in [1.807, 2.05) is 6.07 Å². The van der Waals surface area contributed by atoms with Gasteiger partial charge < -0.3 is 10.6 Å². The number of hydrogen-bond donors (Lipinski definition) is 2. The van der Waals surface area contributed by atoms with Crippen molar-refractivity contribution in [1.82, 2.24) is 5.32 Å². The van der Waals surface area contributed by atoms with Crippen LogP contribution in [0.15, 0.2) is 54.6 Å². The van der Waals surface area contributed by atoms with Crippen molar-refractivity contribution in [2.45, 2.75) is 12.8 Å². The van der Waals surface area contributed by atoms with E-state index in [2.05, 4.69) is 10.6 Å². The average Bonchev–Trinajstić information content (AvgIpc) is 2.52. The summed E-state index contributed by atoms with van der Waals surface area (Å²) < 4.78 is 13.0. The van der Waals surface area contributed by atoms with E-state index in [0.717, 1.165) is 0 Å². The molecule has 0 aliphatic carbocycles. The van der Waals surface area contributed by atoms with E-state index in [1.54, 1.807) is 30.3 Å². The summed E-state index contributed by atoms with van der Waals surface area (Å²) >= 11 is 0. The summed E-state index contributed by atoms with van der Waals surface area (Å²) in [6.45, 7) is 0.407. The number of anilines is 1. The first-order valence-corrected chi connectivity index (χ1v) is 7.04. The van der Waals surface area contributed by atoms with Crippen LogP contribution in [0.25, 0.3) is 0 Å². The molecule has 22 heavy (non-hydrogen) atoms. The predicted molar refractivity (Wildman–Crippen MR) is 83.0 cm³/mol. The molecule has 2 amide bonds. The van der Waals surface area contributed by atoms with Gasteiger partial charge in [0.2, 0.25) is 5.91 Å². The third-order valence-electron chi connectivity index (χ3n) is 3.01. The maximum absolute atomic E-state index is 13.0. The van der Waals surface area contributed by atoms with Crippen LogP contribution in [0.4, 0.5) is 10.1 Å². The van der Waals surface area contributed by atoms with Gasteiger partial charge in [0.25, 0.3) is 5.91 Å².